The number of nitrogens with zero attached hydrogens (tertiary/aromatic N) is 3. The van der Waals surface area contributed by atoms with E-state index in [4.69, 9.17) is 4.74 Å². The van der Waals surface area contributed by atoms with Crippen molar-refractivity contribution >= 4 is 11.9 Å². The highest BCUT2D eigenvalue weighted by molar-refractivity contribution is 5.36. The summed E-state index contributed by atoms with van der Waals surface area (Å²) >= 11 is 0. The van der Waals surface area contributed by atoms with Crippen LogP contribution in [0.5, 0.6) is 6.01 Å². The maximum atomic E-state index is 5.50. The highest BCUT2D eigenvalue weighted by atomic mass is 16.5. The molecule has 0 aromatic carbocycles. The van der Waals surface area contributed by atoms with E-state index >= 15 is 0 Å². The van der Waals surface area contributed by atoms with E-state index in [1.54, 1.807) is 7.05 Å². The largest absolute Gasteiger partial charge is 0.463 e. The van der Waals surface area contributed by atoms with Crippen LogP contribution in [0.2, 0.25) is 0 Å². The molecule has 0 aliphatic heterocycles. The van der Waals surface area contributed by atoms with E-state index in [-0.39, 0.29) is 0 Å². The van der Waals surface area contributed by atoms with Crippen LogP contribution in [-0.2, 0) is 0 Å². The fraction of sp³-hybridized carbons (Fsp3) is 0.786. The third-order valence-electron chi connectivity index (χ3n) is 4.21. The van der Waals surface area contributed by atoms with E-state index in [1.165, 1.54) is 25.7 Å². The van der Waals surface area contributed by atoms with Crippen LogP contribution in [0.4, 0.5) is 11.9 Å². The summed E-state index contributed by atoms with van der Waals surface area (Å²) in [7, 11) is 1.80. The molecule has 3 rings (SSSR count). The number of hydrogen-bond donors (Lipinski definition) is 2. The lowest BCUT2D eigenvalue weighted by molar-refractivity contribution is 0.292. The fourth-order valence-corrected chi connectivity index (χ4v) is 2.65. The molecular weight excluding hydrogens is 254 g/mol. The number of rotatable bonds is 8. The number of nitrogens with one attached hydrogen (secondary N) is 2. The molecule has 0 spiro atoms. The zero-order chi connectivity index (χ0) is 14.0. The zero-order valence-corrected chi connectivity index (χ0v) is 12.3. The summed E-state index contributed by atoms with van der Waals surface area (Å²) in [6.45, 7) is 3.66. The third kappa shape index (κ3) is 2.94. The maximum Gasteiger partial charge on any atom is 0.323 e. The summed E-state index contributed by atoms with van der Waals surface area (Å²) in [6, 6.07) is 0.393. The van der Waals surface area contributed by atoms with E-state index in [9.17, 15) is 0 Å². The Morgan fingerprint density at radius 3 is 2.55 bits per heavy atom. The smallest absolute Gasteiger partial charge is 0.323 e. The standard InChI is InChI=1S/C14H23N5O/c1-3-8-20-13-18-11(15-2)17-12(19-13)16-9-14(6-7-14)10-4-5-10/h10H,3-9H2,1-2H3,(H2,15,16,17,18,19). The average molecular weight is 277 g/mol. The van der Waals surface area contributed by atoms with Crippen molar-refractivity contribution in [3.05, 3.63) is 0 Å². The first kappa shape index (κ1) is 13.4. The van der Waals surface area contributed by atoms with Crippen molar-refractivity contribution in [2.45, 2.75) is 39.0 Å². The molecular formula is C14H23N5O. The third-order valence-corrected chi connectivity index (χ3v) is 4.21. The molecule has 2 aliphatic carbocycles. The highest BCUT2D eigenvalue weighted by Crippen LogP contribution is 2.61. The molecule has 20 heavy (non-hydrogen) atoms. The first-order valence-electron chi connectivity index (χ1n) is 7.56. The number of aromatic nitrogens is 3. The molecule has 0 atom stereocenters. The normalized spacial score (nSPS) is 19.5. The van der Waals surface area contributed by atoms with Gasteiger partial charge in [0.25, 0.3) is 0 Å². The van der Waals surface area contributed by atoms with E-state index in [1.807, 2.05) is 0 Å². The number of hydrogen-bond acceptors (Lipinski definition) is 6. The minimum atomic E-state index is 0.393. The summed E-state index contributed by atoms with van der Waals surface area (Å²) in [4.78, 5) is 12.9. The molecule has 1 heterocycles. The van der Waals surface area contributed by atoms with Crippen LogP contribution in [0.3, 0.4) is 0 Å². The Morgan fingerprint density at radius 1 is 1.20 bits per heavy atom. The summed E-state index contributed by atoms with van der Waals surface area (Å²) < 4.78 is 5.50. The van der Waals surface area contributed by atoms with E-state index in [2.05, 4.69) is 32.5 Å². The van der Waals surface area contributed by atoms with Gasteiger partial charge in [-0.2, -0.15) is 15.0 Å². The predicted molar refractivity (Wildman–Crippen MR) is 78.0 cm³/mol. The van der Waals surface area contributed by atoms with Crippen LogP contribution < -0.4 is 15.4 Å². The maximum absolute atomic E-state index is 5.50. The van der Waals surface area contributed by atoms with Crippen molar-refractivity contribution in [2.75, 3.05) is 30.8 Å². The van der Waals surface area contributed by atoms with Crippen molar-refractivity contribution < 1.29 is 4.74 Å². The Hall–Kier alpha value is -1.59. The zero-order valence-electron chi connectivity index (χ0n) is 12.3. The molecule has 0 bridgehead atoms. The molecule has 0 saturated heterocycles. The van der Waals surface area contributed by atoms with Crippen LogP contribution in [0.25, 0.3) is 0 Å². The van der Waals surface area contributed by atoms with Gasteiger partial charge in [0.05, 0.1) is 6.61 Å². The quantitative estimate of drug-likeness (QED) is 0.759. The second kappa shape index (κ2) is 5.42. The predicted octanol–water partition coefficient (Wildman–Crippen LogP) is 2.30. The molecule has 1 aromatic heterocycles. The van der Waals surface area contributed by atoms with E-state index in [0.29, 0.717) is 29.9 Å². The Balaban J connectivity index is 1.64. The Morgan fingerprint density at radius 2 is 1.95 bits per heavy atom. The van der Waals surface area contributed by atoms with Gasteiger partial charge in [-0.15, -0.1) is 0 Å². The minimum Gasteiger partial charge on any atom is -0.463 e. The second-order valence-corrected chi connectivity index (χ2v) is 5.85. The van der Waals surface area contributed by atoms with Gasteiger partial charge in [-0.3, -0.25) is 0 Å². The molecule has 0 amide bonds. The lowest BCUT2D eigenvalue weighted by atomic mass is 10.0. The minimum absolute atomic E-state index is 0.393. The summed E-state index contributed by atoms with van der Waals surface area (Å²) in [5, 5.41) is 6.33. The molecule has 0 unspecified atom stereocenters. The molecule has 2 fully saturated rings. The summed E-state index contributed by atoms with van der Waals surface area (Å²) in [6.07, 6.45) is 6.41. The van der Waals surface area contributed by atoms with Gasteiger partial charge in [-0.1, -0.05) is 6.92 Å². The Kier molecular flexibility index (Phi) is 3.63. The van der Waals surface area contributed by atoms with Crippen molar-refractivity contribution in [1.29, 1.82) is 0 Å². The van der Waals surface area contributed by atoms with Gasteiger partial charge >= 0.3 is 6.01 Å². The van der Waals surface area contributed by atoms with Crippen molar-refractivity contribution in [3.8, 4) is 6.01 Å². The van der Waals surface area contributed by atoms with Crippen molar-refractivity contribution in [2.24, 2.45) is 11.3 Å². The molecule has 0 radical (unpaired) electrons. The van der Waals surface area contributed by atoms with Crippen LogP contribution >= 0.6 is 0 Å². The fourth-order valence-electron chi connectivity index (χ4n) is 2.65. The SMILES string of the molecule is CCCOc1nc(NC)nc(NCC2(C3CC3)CC2)n1. The molecule has 1 aromatic rings. The van der Waals surface area contributed by atoms with Gasteiger partial charge in [0.1, 0.15) is 0 Å². The van der Waals surface area contributed by atoms with Gasteiger partial charge < -0.3 is 15.4 Å². The molecule has 2 saturated carbocycles. The van der Waals surface area contributed by atoms with E-state index < -0.39 is 0 Å². The molecule has 6 nitrogen and oxygen atoms in total. The topological polar surface area (TPSA) is 72.0 Å². The number of anilines is 2. The summed E-state index contributed by atoms with van der Waals surface area (Å²) in [5.41, 5.74) is 0.525. The van der Waals surface area contributed by atoms with Crippen LogP contribution in [0.1, 0.15) is 39.0 Å². The van der Waals surface area contributed by atoms with Gasteiger partial charge in [-0.05, 0) is 43.4 Å². The monoisotopic (exact) mass is 277 g/mol. The second-order valence-electron chi connectivity index (χ2n) is 5.85. The van der Waals surface area contributed by atoms with Gasteiger partial charge in [-0.25, -0.2) is 0 Å². The highest BCUT2D eigenvalue weighted by Gasteiger charge is 2.53. The van der Waals surface area contributed by atoms with Gasteiger partial charge in [0.2, 0.25) is 11.9 Å². The number of ether oxygens (including phenoxy) is 1. The lowest BCUT2D eigenvalue weighted by Crippen LogP contribution is -2.19. The average Bonchev–Trinajstić information content (AvgIpc) is 3.35. The van der Waals surface area contributed by atoms with Crippen LogP contribution in [0, 0.1) is 11.3 Å². The first-order chi connectivity index (χ1) is 9.75. The van der Waals surface area contributed by atoms with Crippen molar-refractivity contribution in [1.82, 2.24) is 15.0 Å². The Labute approximate surface area is 119 Å². The van der Waals surface area contributed by atoms with Gasteiger partial charge in [0, 0.05) is 13.6 Å². The van der Waals surface area contributed by atoms with E-state index in [0.717, 1.165) is 18.9 Å². The van der Waals surface area contributed by atoms with Crippen molar-refractivity contribution in [3.63, 3.8) is 0 Å². The first-order valence-corrected chi connectivity index (χ1v) is 7.56. The Bertz CT molecular complexity index is 471. The molecule has 6 heteroatoms. The molecule has 2 aliphatic rings. The van der Waals surface area contributed by atoms with Gasteiger partial charge in [0.15, 0.2) is 0 Å². The lowest BCUT2D eigenvalue weighted by Gasteiger charge is -2.15. The molecule has 2 N–H and O–H groups in total. The van der Waals surface area contributed by atoms with Crippen LogP contribution in [0.15, 0.2) is 0 Å². The summed E-state index contributed by atoms with van der Waals surface area (Å²) in [5.74, 6) is 2.09. The molecule has 110 valence electrons. The van der Waals surface area contributed by atoms with Crippen LogP contribution in [-0.4, -0.2) is 35.2 Å².